The van der Waals surface area contributed by atoms with Crippen molar-refractivity contribution in [3.63, 3.8) is 0 Å². The van der Waals surface area contributed by atoms with Crippen molar-refractivity contribution in [3.8, 4) is 22.6 Å². The summed E-state index contributed by atoms with van der Waals surface area (Å²) >= 11 is 12.3. The first-order valence-electron chi connectivity index (χ1n) is 10.5. The summed E-state index contributed by atoms with van der Waals surface area (Å²) in [6, 6.07) is 7.59. The largest absolute Gasteiger partial charge is 0.482 e. The van der Waals surface area contributed by atoms with E-state index < -0.39 is 17.7 Å². The Morgan fingerprint density at radius 3 is 2.67 bits per heavy atom. The standard InChI is InChI=1S/C24H21Cl2F2N3O2/c1-12(20-16(25)2-3-17(27)21(20)26)32-19-8-15(9-31-23(19)29)14-6-13-4-5-24(10-30-11-24)33-22(13)18(28)7-14/h2-3,6-9,12,30H,4-5,10-11H2,1H3,(H2,29,31)/t12-/m1/s1. The normalized spacial score (nSPS) is 17.1. The molecule has 1 aromatic heterocycles. The molecule has 5 rings (SSSR count). The third kappa shape index (κ3) is 3.98. The number of aryl methyl sites for hydroxylation is 1. The molecule has 2 aliphatic rings. The van der Waals surface area contributed by atoms with Crippen LogP contribution in [-0.2, 0) is 6.42 Å². The smallest absolute Gasteiger partial charge is 0.166 e. The molecular weight excluding hydrogens is 471 g/mol. The van der Waals surface area contributed by atoms with E-state index in [-0.39, 0.29) is 27.2 Å². The van der Waals surface area contributed by atoms with Crippen LogP contribution in [0, 0.1) is 11.6 Å². The Labute approximate surface area is 199 Å². The fraction of sp³-hybridized carbons (Fsp3) is 0.292. The topological polar surface area (TPSA) is 69.4 Å². The number of benzene rings is 2. The molecule has 5 nitrogen and oxygen atoms in total. The molecule has 1 spiro atoms. The number of aromatic nitrogens is 1. The Morgan fingerprint density at radius 2 is 1.94 bits per heavy atom. The van der Waals surface area contributed by atoms with Gasteiger partial charge < -0.3 is 20.5 Å². The molecule has 9 heteroatoms. The predicted molar refractivity (Wildman–Crippen MR) is 124 cm³/mol. The number of nitrogens with one attached hydrogen (secondary N) is 1. The first kappa shape index (κ1) is 22.2. The minimum Gasteiger partial charge on any atom is -0.482 e. The van der Waals surface area contributed by atoms with E-state index in [1.54, 1.807) is 19.2 Å². The second kappa shape index (κ2) is 8.31. The molecule has 0 amide bonds. The Morgan fingerprint density at radius 1 is 1.15 bits per heavy atom. The van der Waals surface area contributed by atoms with Gasteiger partial charge in [0.1, 0.15) is 17.5 Å². The molecule has 172 valence electrons. The van der Waals surface area contributed by atoms with Crippen LogP contribution in [0.5, 0.6) is 11.5 Å². The fourth-order valence-corrected chi connectivity index (χ4v) is 4.95. The lowest BCUT2D eigenvalue weighted by Gasteiger charge is -2.45. The molecule has 3 heterocycles. The van der Waals surface area contributed by atoms with Crippen LogP contribution in [0.2, 0.25) is 10.0 Å². The maximum Gasteiger partial charge on any atom is 0.166 e. The molecule has 3 aromatic rings. The molecule has 1 fully saturated rings. The van der Waals surface area contributed by atoms with Gasteiger partial charge in [0.05, 0.1) is 5.02 Å². The number of anilines is 1. The van der Waals surface area contributed by atoms with Crippen molar-refractivity contribution in [1.82, 2.24) is 10.3 Å². The van der Waals surface area contributed by atoms with Crippen molar-refractivity contribution in [3.05, 3.63) is 69.3 Å². The molecule has 1 saturated heterocycles. The third-order valence-electron chi connectivity index (χ3n) is 6.19. The Hall–Kier alpha value is -2.61. The average Bonchev–Trinajstić information content (AvgIpc) is 2.77. The molecular formula is C24H21Cl2F2N3O2. The van der Waals surface area contributed by atoms with E-state index in [4.69, 9.17) is 38.4 Å². The first-order valence-corrected chi connectivity index (χ1v) is 11.3. The predicted octanol–water partition coefficient (Wildman–Crippen LogP) is 5.72. The van der Waals surface area contributed by atoms with E-state index in [9.17, 15) is 8.78 Å². The van der Waals surface area contributed by atoms with E-state index >= 15 is 0 Å². The third-order valence-corrected chi connectivity index (χ3v) is 6.90. The van der Waals surface area contributed by atoms with Gasteiger partial charge in [-0.2, -0.15) is 0 Å². The molecule has 33 heavy (non-hydrogen) atoms. The van der Waals surface area contributed by atoms with Crippen LogP contribution in [0.25, 0.3) is 11.1 Å². The zero-order valence-corrected chi connectivity index (χ0v) is 19.2. The Kier molecular flexibility index (Phi) is 5.59. The van der Waals surface area contributed by atoms with E-state index in [2.05, 4.69) is 10.3 Å². The Bertz CT molecular complexity index is 1250. The Balaban J connectivity index is 1.45. The quantitative estimate of drug-likeness (QED) is 0.456. The summed E-state index contributed by atoms with van der Waals surface area (Å²) in [5.74, 6) is -0.312. The highest BCUT2D eigenvalue weighted by atomic mass is 35.5. The summed E-state index contributed by atoms with van der Waals surface area (Å²) in [7, 11) is 0. The zero-order chi connectivity index (χ0) is 23.3. The van der Waals surface area contributed by atoms with Crippen LogP contribution in [0.3, 0.4) is 0 Å². The summed E-state index contributed by atoms with van der Waals surface area (Å²) in [5.41, 5.74) is 8.09. The lowest BCUT2D eigenvalue weighted by atomic mass is 9.85. The number of pyridine rings is 1. The minimum atomic E-state index is -0.707. The van der Waals surface area contributed by atoms with Crippen LogP contribution in [-0.4, -0.2) is 23.7 Å². The van der Waals surface area contributed by atoms with Crippen molar-refractivity contribution in [2.24, 2.45) is 0 Å². The van der Waals surface area contributed by atoms with Gasteiger partial charge in [0.25, 0.3) is 0 Å². The van der Waals surface area contributed by atoms with Gasteiger partial charge in [0, 0.05) is 35.4 Å². The summed E-state index contributed by atoms with van der Waals surface area (Å²) in [6.07, 6.45) is 2.40. The zero-order valence-electron chi connectivity index (χ0n) is 17.7. The number of hydrogen-bond acceptors (Lipinski definition) is 5. The molecule has 0 aliphatic carbocycles. The first-order chi connectivity index (χ1) is 15.8. The van der Waals surface area contributed by atoms with E-state index in [1.807, 2.05) is 6.07 Å². The van der Waals surface area contributed by atoms with Gasteiger partial charge in [-0.15, -0.1) is 0 Å². The van der Waals surface area contributed by atoms with Crippen LogP contribution >= 0.6 is 23.2 Å². The number of ether oxygens (including phenoxy) is 2. The molecule has 0 bridgehead atoms. The molecule has 3 N–H and O–H groups in total. The molecule has 0 radical (unpaired) electrons. The fourth-order valence-electron chi connectivity index (χ4n) is 4.27. The number of halogens is 4. The number of nitrogen functional groups attached to an aromatic ring is 1. The SMILES string of the molecule is C[C@@H](Oc1cc(-c2cc(F)c3c(c2)CCC2(CNC2)O3)cnc1N)c1c(Cl)ccc(F)c1Cl. The number of hydrogen-bond donors (Lipinski definition) is 2. The molecule has 0 saturated carbocycles. The molecule has 1 atom stereocenters. The molecule has 0 unspecified atom stereocenters. The molecule has 2 aromatic carbocycles. The monoisotopic (exact) mass is 491 g/mol. The summed E-state index contributed by atoms with van der Waals surface area (Å²) < 4.78 is 40.9. The second-order valence-corrected chi connectivity index (χ2v) is 9.24. The van der Waals surface area contributed by atoms with Crippen LogP contribution < -0.4 is 20.5 Å². The maximum atomic E-state index is 15.0. The highest BCUT2D eigenvalue weighted by molar-refractivity contribution is 6.36. The van der Waals surface area contributed by atoms with Crippen molar-refractivity contribution in [2.45, 2.75) is 31.5 Å². The number of nitrogens with two attached hydrogens (primary N) is 1. The van der Waals surface area contributed by atoms with Gasteiger partial charge in [-0.25, -0.2) is 13.8 Å². The van der Waals surface area contributed by atoms with Crippen molar-refractivity contribution in [1.29, 1.82) is 0 Å². The van der Waals surface area contributed by atoms with E-state index in [1.165, 1.54) is 18.2 Å². The van der Waals surface area contributed by atoms with Gasteiger partial charge >= 0.3 is 0 Å². The average molecular weight is 492 g/mol. The van der Waals surface area contributed by atoms with Crippen molar-refractivity contribution in [2.75, 3.05) is 18.8 Å². The number of rotatable bonds is 4. The number of nitrogens with zero attached hydrogens (tertiary/aromatic N) is 1. The lowest BCUT2D eigenvalue weighted by molar-refractivity contribution is -0.00577. The van der Waals surface area contributed by atoms with Gasteiger partial charge in [0.2, 0.25) is 0 Å². The minimum absolute atomic E-state index is 0.117. The summed E-state index contributed by atoms with van der Waals surface area (Å²) in [4.78, 5) is 4.20. The van der Waals surface area contributed by atoms with Crippen LogP contribution in [0.1, 0.15) is 30.6 Å². The van der Waals surface area contributed by atoms with Crippen molar-refractivity contribution >= 4 is 29.0 Å². The van der Waals surface area contributed by atoms with Crippen LogP contribution in [0.4, 0.5) is 14.6 Å². The van der Waals surface area contributed by atoms with Gasteiger partial charge in [-0.05, 0) is 61.2 Å². The van der Waals surface area contributed by atoms with Gasteiger partial charge in [0.15, 0.2) is 23.1 Å². The highest BCUT2D eigenvalue weighted by Gasteiger charge is 2.43. The van der Waals surface area contributed by atoms with Gasteiger partial charge in [-0.1, -0.05) is 23.2 Å². The highest BCUT2D eigenvalue weighted by Crippen LogP contribution is 2.41. The summed E-state index contributed by atoms with van der Waals surface area (Å²) in [5, 5.41) is 3.34. The van der Waals surface area contributed by atoms with E-state index in [0.717, 1.165) is 31.5 Å². The van der Waals surface area contributed by atoms with Crippen LogP contribution in [0.15, 0.2) is 36.5 Å². The van der Waals surface area contributed by atoms with E-state index in [0.29, 0.717) is 22.4 Å². The van der Waals surface area contributed by atoms with Gasteiger partial charge in [-0.3, -0.25) is 0 Å². The van der Waals surface area contributed by atoms with Crippen molar-refractivity contribution < 1.29 is 18.3 Å². The maximum absolute atomic E-state index is 15.0. The second-order valence-electron chi connectivity index (χ2n) is 8.46. The number of fused-ring (bicyclic) bond motifs is 1. The summed E-state index contributed by atoms with van der Waals surface area (Å²) in [6.45, 7) is 3.14. The molecule has 2 aliphatic heterocycles. The lowest BCUT2D eigenvalue weighted by Crippen LogP contribution is -2.64.